The highest BCUT2D eigenvalue weighted by molar-refractivity contribution is 7.92. The molecule has 33 heavy (non-hydrogen) atoms. The van der Waals surface area contributed by atoms with Crippen LogP contribution in [0.25, 0.3) is 0 Å². The monoisotopic (exact) mass is 484 g/mol. The average molecular weight is 485 g/mol. The van der Waals surface area contributed by atoms with Crippen LogP contribution in [0.5, 0.6) is 5.75 Å². The lowest BCUT2D eigenvalue weighted by Gasteiger charge is -2.35. The number of aryl methyl sites for hydroxylation is 1. The minimum atomic E-state index is -3.96. The molecule has 1 aliphatic rings. The van der Waals surface area contributed by atoms with Gasteiger partial charge in [0.2, 0.25) is 0 Å². The predicted octanol–water partition coefficient (Wildman–Crippen LogP) is 5.37. The second-order valence-electron chi connectivity index (χ2n) is 8.30. The summed E-state index contributed by atoms with van der Waals surface area (Å²) >= 11 is 6.16. The first kappa shape index (κ1) is 23.1. The molecular weight excluding hydrogens is 460 g/mol. The Hall–Kier alpha value is -3.03. The van der Waals surface area contributed by atoms with Crippen LogP contribution in [0.3, 0.4) is 0 Å². The Balaban J connectivity index is 1.70. The van der Waals surface area contributed by atoms with Crippen LogP contribution < -0.4 is 14.4 Å². The summed E-state index contributed by atoms with van der Waals surface area (Å²) in [6.45, 7) is 5.78. The molecule has 3 aromatic carbocycles. The zero-order valence-corrected chi connectivity index (χ0v) is 20.2. The molecule has 0 spiro atoms. The molecule has 0 saturated heterocycles. The van der Waals surface area contributed by atoms with Crippen molar-refractivity contribution < 1.29 is 17.9 Å². The number of nitrogens with one attached hydrogen (secondary N) is 1. The Bertz CT molecular complexity index is 1290. The molecule has 0 bridgehead atoms. The van der Waals surface area contributed by atoms with Crippen LogP contribution in [0.2, 0.25) is 5.02 Å². The highest BCUT2D eigenvalue weighted by Crippen LogP contribution is 2.39. The molecule has 172 valence electrons. The number of benzene rings is 3. The van der Waals surface area contributed by atoms with Gasteiger partial charge in [0.05, 0.1) is 17.1 Å². The van der Waals surface area contributed by atoms with Gasteiger partial charge in [-0.3, -0.25) is 9.10 Å². The van der Waals surface area contributed by atoms with Crippen LogP contribution in [0, 0.1) is 6.92 Å². The van der Waals surface area contributed by atoms with Gasteiger partial charge < -0.3 is 10.1 Å². The highest BCUT2D eigenvalue weighted by atomic mass is 35.5. The van der Waals surface area contributed by atoms with Gasteiger partial charge >= 0.3 is 0 Å². The minimum absolute atomic E-state index is 0.130. The second-order valence-corrected chi connectivity index (χ2v) is 10.6. The van der Waals surface area contributed by atoms with Crippen molar-refractivity contribution >= 4 is 38.9 Å². The number of amides is 1. The fourth-order valence-corrected chi connectivity index (χ4v) is 5.39. The number of fused-ring (bicyclic) bond motifs is 1. The Morgan fingerprint density at radius 1 is 1.09 bits per heavy atom. The van der Waals surface area contributed by atoms with E-state index in [2.05, 4.69) is 5.32 Å². The Morgan fingerprint density at radius 2 is 1.79 bits per heavy atom. The number of hydrogen-bond acceptors (Lipinski definition) is 4. The summed E-state index contributed by atoms with van der Waals surface area (Å²) in [5.41, 5.74) is 2.91. The van der Waals surface area contributed by atoms with Crippen molar-refractivity contribution in [3.63, 3.8) is 0 Å². The van der Waals surface area contributed by atoms with E-state index in [1.807, 2.05) is 45.0 Å². The molecule has 0 saturated carbocycles. The highest BCUT2D eigenvalue weighted by Gasteiger charge is 2.38. The lowest BCUT2D eigenvalue weighted by Crippen LogP contribution is -2.48. The van der Waals surface area contributed by atoms with E-state index in [9.17, 15) is 13.2 Å². The van der Waals surface area contributed by atoms with Crippen LogP contribution >= 0.6 is 11.6 Å². The van der Waals surface area contributed by atoms with Crippen molar-refractivity contribution in [2.24, 2.45) is 0 Å². The number of anilines is 2. The van der Waals surface area contributed by atoms with Crippen molar-refractivity contribution in [2.75, 3.05) is 16.2 Å². The Kier molecular flexibility index (Phi) is 6.36. The number of nitrogens with zero attached hydrogens (tertiary/aromatic N) is 1. The smallest absolute Gasteiger partial charge is 0.267 e. The predicted molar refractivity (Wildman–Crippen MR) is 131 cm³/mol. The molecule has 8 heteroatoms. The SMILES string of the molecule is Cc1ccc(S(=O)(=O)N2CC(C(=O)Nc3ccccc3C(C)C)Oc3ccc(Cl)cc32)cc1. The standard InChI is InChI=1S/C25H25ClN2O4S/c1-16(2)20-6-4-5-7-21(20)27-25(29)24-15-28(22-14-18(26)10-13-23(22)32-24)33(30,31)19-11-8-17(3)9-12-19/h4-14,16,24H,15H2,1-3H3,(H,27,29). The van der Waals surface area contributed by atoms with Crippen LogP contribution in [0.15, 0.2) is 71.6 Å². The summed E-state index contributed by atoms with van der Waals surface area (Å²) in [6.07, 6.45) is -1.04. The third-order valence-corrected chi connectivity index (χ3v) is 7.56. The molecule has 0 fully saturated rings. The third kappa shape index (κ3) is 4.70. The maximum atomic E-state index is 13.5. The summed E-state index contributed by atoms with van der Waals surface area (Å²) in [5.74, 6) is 0.0569. The molecule has 0 aliphatic carbocycles. The molecule has 1 unspecified atom stereocenters. The fraction of sp³-hybridized carbons (Fsp3) is 0.240. The van der Waals surface area contributed by atoms with E-state index < -0.39 is 22.0 Å². The number of carbonyl (C=O) groups excluding carboxylic acids is 1. The first-order valence-corrected chi connectivity index (χ1v) is 12.4. The maximum absolute atomic E-state index is 13.5. The van der Waals surface area contributed by atoms with Crippen molar-refractivity contribution in [3.8, 4) is 5.75 Å². The number of rotatable bonds is 5. The molecule has 1 aliphatic heterocycles. The fourth-order valence-electron chi connectivity index (χ4n) is 3.75. The first-order valence-electron chi connectivity index (χ1n) is 10.6. The van der Waals surface area contributed by atoms with Gasteiger partial charge in [-0.25, -0.2) is 8.42 Å². The second kappa shape index (κ2) is 9.08. The van der Waals surface area contributed by atoms with E-state index in [-0.39, 0.29) is 23.1 Å². The Morgan fingerprint density at radius 3 is 2.48 bits per heavy atom. The lowest BCUT2D eigenvalue weighted by molar-refractivity contribution is -0.122. The van der Waals surface area contributed by atoms with Gasteiger partial charge in [0, 0.05) is 10.7 Å². The molecule has 0 aromatic heterocycles. The zero-order chi connectivity index (χ0) is 23.8. The van der Waals surface area contributed by atoms with E-state index >= 15 is 0 Å². The van der Waals surface area contributed by atoms with Crippen LogP contribution in [-0.4, -0.2) is 27.0 Å². The van der Waals surface area contributed by atoms with Gasteiger partial charge in [-0.1, -0.05) is 61.3 Å². The molecule has 0 radical (unpaired) electrons. The molecular formula is C25H25ClN2O4S. The van der Waals surface area contributed by atoms with Crippen molar-refractivity contribution in [3.05, 3.63) is 82.9 Å². The quantitative estimate of drug-likeness (QED) is 0.528. The molecule has 6 nitrogen and oxygen atoms in total. The van der Waals surface area contributed by atoms with Gasteiger partial charge in [-0.2, -0.15) is 0 Å². The van der Waals surface area contributed by atoms with Crippen molar-refractivity contribution in [1.82, 2.24) is 0 Å². The molecule has 1 atom stereocenters. The lowest BCUT2D eigenvalue weighted by atomic mass is 10.0. The number of ether oxygens (including phenoxy) is 1. The summed E-state index contributed by atoms with van der Waals surface area (Å²) in [4.78, 5) is 13.3. The molecule has 1 N–H and O–H groups in total. The van der Waals surface area contributed by atoms with Gasteiger partial charge in [-0.15, -0.1) is 0 Å². The van der Waals surface area contributed by atoms with Gasteiger partial charge in [0.15, 0.2) is 6.10 Å². The topological polar surface area (TPSA) is 75.7 Å². The molecule has 3 aromatic rings. The van der Waals surface area contributed by atoms with Crippen LogP contribution in [0.1, 0.15) is 30.9 Å². The normalized spacial score (nSPS) is 15.7. The summed E-state index contributed by atoms with van der Waals surface area (Å²) < 4.78 is 34.2. The van der Waals surface area contributed by atoms with Gasteiger partial charge in [-0.05, 0) is 54.8 Å². The number of para-hydroxylation sites is 1. The number of hydrogen-bond donors (Lipinski definition) is 1. The molecule has 1 heterocycles. The average Bonchev–Trinajstić information content (AvgIpc) is 2.78. The zero-order valence-electron chi connectivity index (χ0n) is 18.6. The number of carbonyl (C=O) groups is 1. The van der Waals surface area contributed by atoms with Gasteiger partial charge in [0.1, 0.15) is 5.75 Å². The number of halogens is 1. The third-order valence-electron chi connectivity index (χ3n) is 5.53. The van der Waals surface area contributed by atoms with Crippen LogP contribution in [0.4, 0.5) is 11.4 Å². The largest absolute Gasteiger partial charge is 0.476 e. The van der Waals surface area contributed by atoms with E-state index in [1.165, 1.54) is 10.4 Å². The molecule has 1 amide bonds. The van der Waals surface area contributed by atoms with Crippen LogP contribution in [-0.2, 0) is 14.8 Å². The first-order chi connectivity index (χ1) is 15.7. The summed E-state index contributed by atoms with van der Waals surface area (Å²) in [7, 11) is -3.96. The Labute approximate surface area is 199 Å². The molecule has 4 rings (SSSR count). The maximum Gasteiger partial charge on any atom is 0.267 e. The van der Waals surface area contributed by atoms with Crippen molar-refractivity contribution in [1.29, 1.82) is 0 Å². The van der Waals surface area contributed by atoms with E-state index in [1.54, 1.807) is 36.4 Å². The number of sulfonamides is 1. The minimum Gasteiger partial charge on any atom is -0.476 e. The van der Waals surface area contributed by atoms with E-state index in [4.69, 9.17) is 16.3 Å². The van der Waals surface area contributed by atoms with E-state index in [0.717, 1.165) is 11.1 Å². The van der Waals surface area contributed by atoms with E-state index in [0.29, 0.717) is 16.4 Å². The van der Waals surface area contributed by atoms with Gasteiger partial charge in [0.25, 0.3) is 15.9 Å². The van der Waals surface area contributed by atoms with Crippen molar-refractivity contribution in [2.45, 2.75) is 37.7 Å². The summed E-state index contributed by atoms with van der Waals surface area (Å²) in [5, 5.41) is 3.28. The summed E-state index contributed by atoms with van der Waals surface area (Å²) in [6, 6.07) is 18.8.